The first-order chi connectivity index (χ1) is 10.6. The largest absolute Gasteiger partial charge is 0.287 e. The molecule has 0 spiro atoms. The minimum atomic E-state index is -0.248. The van der Waals surface area contributed by atoms with E-state index in [-0.39, 0.29) is 10.8 Å². The first-order valence-corrected chi connectivity index (χ1v) is 8.01. The molecule has 0 saturated carbocycles. The third-order valence-electron chi connectivity index (χ3n) is 3.57. The zero-order chi connectivity index (χ0) is 15.7. The Bertz CT molecular complexity index is 956. The van der Waals surface area contributed by atoms with Gasteiger partial charge in [0.25, 0.3) is 5.56 Å². The van der Waals surface area contributed by atoms with Crippen LogP contribution in [-0.2, 0) is 6.54 Å². The maximum absolute atomic E-state index is 12.7. The number of aromatic nitrogens is 2. The van der Waals surface area contributed by atoms with Crippen molar-refractivity contribution in [2.24, 2.45) is 0 Å². The van der Waals surface area contributed by atoms with Crippen LogP contribution in [0.15, 0.2) is 46.3 Å². The summed E-state index contributed by atoms with van der Waals surface area (Å²) in [7, 11) is 0. The van der Waals surface area contributed by atoms with E-state index in [0.29, 0.717) is 22.6 Å². The van der Waals surface area contributed by atoms with Gasteiger partial charge in [-0.25, -0.2) is 4.98 Å². The van der Waals surface area contributed by atoms with E-state index in [1.807, 2.05) is 43.3 Å². The molecule has 0 saturated heterocycles. The van der Waals surface area contributed by atoms with Crippen LogP contribution in [0.25, 0.3) is 21.7 Å². The van der Waals surface area contributed by atoms with E-state index >= 15 is 0 Å². The Balaban J connectivity index is 2.32. The van der Waals surface area contributed by atoms with Gasteiger partial charge in [-0.15, -0.1) is 0 Å². The first kappa shape index (κ1) is 14.6. The minimum absolute atomic E-state index is 0.0501. The lowest BCUT2D eigenvalue weighted by atomic mass is 10.1. The Kier molecular flexibility index (Phi) is 3.86. The Morgan fingerprint density at radius 3 is 2.64 bits per heavy atom. The zero-order valence-corrected chi connectivity index (χ0v) is 13.2. The second kappa shape index (κ2) is 5.82. The van der Waals surface area contributed by atoms with Crippen LogP contribution in [0.4, 0.5) is 0 Å². The molecular weight excluding hydrogens is 294 g/mol. The lowest BCUT2D eigenvalue weighted by molar-refractivity contribution is 0.634. The summed E-state index contributed by atoms with van der Waals surface area (Å²) >= 11 is 1.32. The fourth-order valence-electron chi connectivity index (χ4n) is 2.44. The van der Waals surface area contributed by atoms with Gasteiger partial charge in [0.2, 0.25) is 0 Å². The van der Waals surface area contributed by atoms with E-state index < -0.39 is 0 Å². The van der Waals surface area contributed by atoms with Gasteiger partial charge in [-0.1, -0.05) is 36.0 Å². The monoisotopic (exact) mass is 309 g/mol. The number of hydrogen-bond donors (Lipinski definition) is 0. The molecule has 22 heavy (non-hydrogen) atoms. The molecule has 5 heteroatoms. The summed E-state index contributed by atoms with van der Waals surface area (Å²) in [5.41, 5.74) is 0.631. The van der Waals surface area contributed by atoms with Crippen LogP contribution < -0.4 is 5.56 Å². The summed E-state index contributed by atoms with van der Waals surface area (Å²) in [6.07, 6.45) is 0. The fraction of sp³-hybridized carbons (Fsp3) is 0.235. The molecule has 1 unspecified atom stereocenters. The third kappa shape index (κ3) is 2.46. The number of thioether (sulfide) groups is 1. The van der Waals surface area contributed by atoms with Gasteiger partial charge in [0.1, 0.15) is 0 Å². The molecule has 0 N–H and O–H groups in total. The smallest absolute Gasteiger partial charge is 0.262 e. The van der Waals surface area contributed by atoms with Crippen molar-refractivity contribution in [3.8, 4) is 6.07 Å². The molecule has 110 valence electrons. The van der Waals surface area contributed by atoms with E-state index in [9.17, 15) is 4.79 Å². The molecule has 3 aromatic rings. The molecule has 0 aliphatic heterocycles. The predicted octanol–water partition coefficient (Wildman–Crippen LogP) is 3.57. The van der Waals surface area contributed by atoms with Crippen molar-refractivity contribution in [1.82, 2.24) is 9.55 Å². The van der Waals surface area contributed by atoms with Crippen molar-refractivity contribution in [3.05, 3.63) is 46.8 Å². The van der Waals surface area contributed by atoms with Crippen molar-refractivity contribution in [1.29, 1.82) is 5.26 Å². The van der Waals surface area contributed by atoms with Crippen LogP contribution in [-0.4, -0.2) is 14.8 Å². The Morgan fingerprint density at radius 1 is 1.32 bits per heavy atom. The van der Waals surface area contributed by atoms with Crippen LogP contribution in [0.3, 0.4) is 0 Å². The number of nitriles is 1. The van der Waals surface area contributed by atoms with Crippen LogP contribution in [0.1, 0.15) is 13.8 Å². The molecular formula is C17H15N3OS. The average Bonchev–Trinajstić information content (AvgIpc) is 2.53. The second-order valence-corrected chi connectivity index (χ2v) is 6.36. The molecule has 1 atom stereocenters. The number of benzene rings is 2. The van der Waals surface area contributed by atoms with Gasteiger partial charge in [0.05, 0.1) is 22.2 Å². The van der Waals surface area contributed by atoms with Crippen LogP contribution >= 0.6 is 11.8 Å². The lowest BCUT2D eigenvalue weighted by Crippen LogP contribution is -2.23. The topological polar surface area (TPSA) is 58.7 Å². The summed E-state index contributed by atoms with van der Waals surface area (Å²) in [4.78, 5) is 17.3. The van der Waals surface area contributed by atoms with E-state index in [0.717, 1.165) is 10.8 Å². The van der Waals surface area contributed by atoms with Crippen LogP contribution in [0, 0.1) is 11.3 Å². The van der Waals surface area contributed by atoms with Crippen LogP contribution in [0.2, 0.25) is 0 Å². The van der Waals surface area contributed by atoms with Crippen molar-refractivity contribution < 1.29 is 0 Å². The minimum Gasteiger partial charge on any atom is -0.287 e. The normalized spacial score (nSPS) is 12.4. The van der Waals surface area contributed by atoms with Gasteiger partial charge < -0.3 is 0 Å². The van der Waals surface area contributed by atoms with E-state index in [1.165, 1.54) is 11.8 Å². The van der Waals surface area contributed by atoms with Crippen molar-refractivity contribution in [2.45, 2.75) is 30.8 Å². The number of fused-ring (bicyclic) bond motifs is 2. The third-order valence-corrected chi connectivity index (χ3v) is 4.55. The summed E-state index contributed by atoms with van der Waals surface area (Å²) in [5.74, 6) is 0. The van der Waals surface area contributed by atoms with Gasteiger partial charge >= 0.3 is 0 Å². The molecule has 0 radical (unpaired) electrons. The molecule has 3 rings (SSSR count). The van der Waals surface area contributed by atoms with E-state index in [1.54, 1.807) is 11.5 Å². The van der Waals surface area contributed by atoms with Gasteiger partial charge in [-0.2, -0.15) is 5.26 Å². The van der Waals surface area contributed by atoms with E-state index in [4.69, 9.17) is 5.26 Å². The highest BCUT2D eigenvalue weighted by atomic mass is 32.2. The SMILES string of the molecule is CCn1c(SC(C)C#N)nc2cc3ccccc3cc2c1=O. The van der Waals surface area contributed by atoms with Crippen molar-refractivity contribution >= 4 is 33.4 Å². The summed E-state index contributed by atoms with van der Waals surface area (Å²) in [6, 6.07) is 13.9. The number of hydrogen-bond acceptors (Lipinski definition) is 4. The Morgan fingerprint density at radius 2 is 2.00 bits per heavy atom. The van der Waals surface area contributed by atoms with Gasteiger partial charge in [0.15, 0.2) is 5.16 Å². The van der Waals surface area contributed by atoms with Gasteiger partial charge in [-0.3, -0.25) is 9.36 Å². The summed E-state index contributed by atoms with van der Waals surface area (Å²) < 4.78 is 1.63. The molecule has 2 aromatic carbocycles. The lowest BCUT2D eigenvalue weighted by Gasteiger charge is -2.12. The second-order valence-electron chi connectivity index (χ2n) is 5.05. The van der Waals surface area contributed by atoms with Crippen molar-refractivity contribution in [3.63, 3.8) is 0 Å². The van der Waals surface area contributed by atoms with Crippen molar-refractivity contribution in [2.75, 3.05) is 0 Å². The molecule has 0 aliphatic carbocycles. The molecule has 0 amide bonds. The maximum atomic E-state index is 12.7. The molecule has 1 heterocycles. The highest BCUT2D eigenvalue weighted by molar-refractivity contribution is 8.00. The first-order valence-electron chi connectivity index (χ1n) is 7.13. The maximum Gasteiger partial charge on any atom is 0.262 e. The molecule has 0 bridgehead atoms. The molecule has 4 nitrogen and oxygen atoms in total. The zero-order valence-electron chi connectivity index (χ0n) is 12.4. The number of rotatable bonds is 3. The summed E-state index contributed by atoms with van der Waals surface area (Å²) in [6.45, 7) is 4.26. The Hall–Kier alpha value is -2.32. The van der Waals surface area contributed by atoms with Gasteiger partial charge in [0, 0.05) is 6.54 Å². The number of nitrogens with zero attached hydrogens (tertiary/aromatic N) is 3. The van der Waals surface area contributed by atoms with E-state index in [2.05, 4.69) is 11.1 Å². The highest BCUT2D eigenvalue weighted by Gasteiger charge is 2.14. The molecule has 0 aliphatic rings. The predicted molar refractivity (Wildman–Crippen MR) is 90.1 cm³/mol. The highest BCUT2D eigenvalue weighted by Crippen LogP contribution is 2.24. The standard InChI is InChI=1S/C17H15N3OS/c1-3-20-16(21)14-8-12-6-4-5-7-13(12)9-15(14)19-17(20)22-11(2)10-18/h4-9,11H,3H2,1-2H3. The summed E-state index contributed by atoms with van der Waals surface area (Å²) in [5, 5.41) is 12.1. The van der Waals surface area contributed by atoms with Gasteiger partial charge in [-0.05, 0) is 36.8 Å². The quantitative estimate of drug-likeness (QED) is 0.421. The fourth-order valence-corrected chi connectivity index (χ4v) is 3.30. The molecule has 1 aromatic heterocycles. The average molecular weight is 309 g/mol. The Labute approximate surface area is 132 Å². The molecule has 0 fully saturated rings. The van der Waals surface area contributed by atoms with Crippen LogP contribution in [0.5, 0.6) is 0 Å².